The molecule has 0 saturated carbocycles. The molecule has 0 unspecified atom stereocenters. The Bertz CT molecular complexity index is 209. The Balaban J connectivity index is 3.47. The fraction of sp³-hybridized carbons (Fsp3) is 0.786. The number of rotatable bonds is 9. The molecule has 94 valence electrons. The number of allylic oxidation sites excluding steroid dienone is 1. The van der Waals surface area contributed by atoms with Gasteiger partial charge in [-0.25, -0.2) is 0 Å². The monoisotopic (exact) mass is 225 g/mol. The Labute approximate surface area is 101 Å². The largest absolute Gasteiger partial charge is 0.353 e. The number of nitrogens with one attached hydrogen (secondary N) is 1. The number of hydrogen-bond acceptors (Lipinski definition) is 1. The summed E-state index contributed by atoms with van der Waals surface area (Å²) in [5, 5.41) is 2.81. The topological polar surface area (TPSA) is 29.1 Å². The van der Waals surface area contributed by atoms with Crippen molar-refractivity contribution in [2.75, 3.05) is 6.54 Å². The highest BCUT2D eigenvalue weighted by atomic mass is 16.1. The summed E-state index contributed by atoms with van der Waals surface area (Å²) < 4.78 is 0. The molecule has 2 heteroatoms. The molecule has 0 saturated heterocycles. The van der Waals surface area contributed by atoms with Gasteiger partial charge in [0, 0.05) is 12.1 Å². The first-order chi connectivity index (χ1) is 7.72. The van der Waals surface area contributed by atoms with Gasteiger partial charge >= 0.3 is 0 Å². The summed E-state index contributed by atoms with van der Waals surface area (Å²) in [5.41, 5.74) is 0.857. The van der Waals surface area contributed by atoms with Gasteiger partial charge in [0.25, 0.3) is 0 Å². The van der Waals surface area contributed by atoms with Gasteiger partial charge in [0.05, 0.1) is 0 Å². The molecule has 0 bridgehead atoms. The van der Waals surface area contributed by atoms with Gasteiger partial charge in [-0.3, -0.25) is 4.79 Å². The first kappa shape index (κ1) is 15.2. The van der Waals surface area contributed by atoms with Gasteiger partial charge in [-0.1, -0.05) is 45.1 Å². The van der Waals surface area contributed by atoms with Crippen LogP contribution in [0.25, 0.3) is 0 Å². The molecular weight excluding hydrogens is 198 g/mol. The van der Waals surface area contributed by atoms with E-state index in [2.05, 4.69) is 18.3 Å². The lowest BCUT2D eigenvalue weighted by Gasteiger charge is -2.02. The lowest BCUT2D eigenvalue weighted by atomic mass is 10.1. The number of unbranched alkanes of at least 4 members (excludes halogenated alkanes) is 6. The fourth-order valence-corrected chi connectivity index (χ4v) is 1.64. The Hall–Kier alpha value is -0.790. The maximum absolute atomic E-state index is 11.4. The van der Waals surface area contributed by atoms with Crippen molar-refractivity contribution in [3.63, 3.8) is 0 Å². The van der Waals surface area contributed by atoms with Crippen molar-refractivity contribution in [1.82, 2.24) is 5.32 Å². The summed E-state index contributed by atoms with van der Waals surface area (Å²) >= 11 is 0. The normalized spacial score (nSPS) is 11.6. The lowest BCUT2D eigenvalue weighted by Crippen LogP contribution is -2.23. The molecule has 0 radical (unpaired) electrons. The molecule has 0 aliphatic rings. The average Bonchev–Trinajstić information content (AvgIpc) is 2.28. The van der Waals surface area contributed by atoms with E-state index in [0.29, 0.717) is 6.54 Å². The summed E-state index contributed by atoms with van der Waals surface area (Å²) in [5.74, 6) is 0.0773. The van der Waals surface area contributed by atoms with E-state index in [9.17, 15) is 4.79 Å². The number of amides is 1. The van der Waals surface area contributed by atoms with Crippen molar-refractivity contribution < 1.29 is 4.79 Å². The Morgan fingerprint density at radius 2 is 1.69 bits per heavy atom. The maximum atomic E-state index is 11.4. The molecular formula is C14H27NO. The highest BCUT2D eigenvalue weighted by molar-refractivity contribution is 5.92. The third-order valence-corrected chi connectivity index (χ3v) is 2.70. The van der Waals surface area contributed by atoms with Gasteiger partial charge < -0.3 is 5.32 Å². The number of carbonyl (C=O) groups is 1. The smallest absolute Gasteiger partial charge is 0.246 e. The average molecular weight is 225 g/mol. The molecule has 0 aliphatic heterocycles. The third-order valence-electron chi connectivity index (χ3n) is 2.70. The molecule has 1 N–H and O–H groups in total. The minimum absolute atomic E-state index is 0.0773. The molecule has 0 heterocycles. The van der Waals surface area contributed by atoms with Crippen LogP contribution in [-0.2, 0) is 4.79 Å². The van der Waals surface area contributed by atoms with Gasteiger partial charge in [0.2, 0.25) is 5.91 Å². The minimum Gasteiger partial charge on any atom is -0.353 e. The highest BCUT2D eigenvalue weighted by Gasteiger charge is 2.00. The van der Waals surface area contributed by atoms with Crippen molar-refractivity contribution >= 4 is 5.91 Å². The minimum atomic E-state index is 0.0773. The zero-order valence-corrected chi connectivity index (χ0v) is 11.1. The van der Waals surface area contributed by atoms with Gasteiger partial charge in [0.1, 0.15) is 0 Å². The van der Waals surface area contributed by atoms with Crippen LogP contribution in [0.2, 0.25) is 0 Å². The Morgan fingerprint density at radius 1 is 1.06 bits per heavy atom. The van der Waals surface area contributed by atoms with Crippen molar-refractivity contribution in [3.8, 4) is 0 Å². The van der Waals surface area contributed by atoms with Gasteiger partial charge in [-0.05, 0) is 26.7 Å². The van der Waals surface area contributed by atoms with Crippen LogP contribution in [0.15, 0.2) is 11.6 Å². The molecule has 0 spiro atoms. The van der Waals surface area contributed by atoms with Crippen molar-refractivity contribution in [3.05, 3.63) is 11.6 Å². The summed E-state index contributed by atoms with van der Waals surface area (Å²) in [4.78, 5) is 11.4. The molecule has 2 nitrogen and oxygen atoms in total. The Morgan fingerprint density at radius 3 is 2.31 bits per heavy atom. The maximum Gasteiger partial charge on any atom is 0.246 e. The van der Waals surface area contributed by atoms with E-state index in [1.54, 1.807) is 0 Å². The molecule has 0 atom stereocenters. The molecule has 0 aliphatic carbocycles. The van der Waals surface area contributed by atoms with E-state index in [1.807, 2.05) is 13.8 Å². The highest BCUT2D eigenvalue weighted by Crippen LogP contribution is 2.08. The summed E-state index contributed by atoms with van der Waals surface area (Å²) in [6.45, 7) is 6.78. The van der Waals surface area contributed by atoms with Gasteiger partial charge in [-0.2, -0.15) is 0 Å². The van der Waals surface area contributed by atoms with E-state index in [4.69, 9.17) is 0 Å². The summed E-state index contributed by atoms with van der Waals surface area (Å²) in [6.07, 6.45) is 10.9. The van der Waals surface area contributed by atoms with E-state index < -0.39 is 0 Å². The van der Waals surface area contributed by atoms with E-state index >= 15 is 0 Å². The zero-order valence-electron chi connectivity index (χ0n) is 11.1. The van der Waals surface area contributed by atoms with Crippen LogP contribution in [0.3, 0.4) is 0 Å². The fourth-order valence-electron chi connectivity index (χ4n) is 1.64. The van der Waals surface area contributed by atoms with Crippen molar-refractivity contribution in [1.29, 1.82) is 0 Å². The first-order valence-corrected chi connectivity index (χ1v) is 6.67. The van der Waals surface area contributed by atoms with Gasteiger partial charge in [-0.15, -0.1) is 0 Å². The summed E-state index contributed by atoms with van der Waals surface area (Å²) in [6, 6.07) is 0. The first-order valence-electron chi connectivity index (χ1n) is 6.67. The second kappa shape index (κ2) is 10.7. The van der Waals surface area contributed by atoms with Crippen LogP contribution in [0.4, 0.5) is 0 Å². The van der Waals surface area contributed by atoms with Crippen LogP contribution in [0, 0.1) is 0 Å². The third kappa shape index (κ3) is 8.51. The zero-order chi connectivity index (χ0) is 12.2. The summed E-state index contributed by atoms with van der Waals surface area (Å²) in [7, 11) is 0. The quantitative estimate of drug-likeness (QED) is 0.469. The standard InChI is InChI=1S/C14H27NO/c1-4-6-7-8-9-10-11-12-13(3)14(16)15-5-2/h12H,4-11H2,1-3H3,(H,15,16)/b13-12+. The predicted molar refractivity (Wildman–Crippen MR) is 70.4 cm³/mol. The second-order valence-corrected chi connectivity index (χ2v) is 4.30. The van der Waals surface area contributed by atoms with Crippen LogP contribution in [-0.4, -0.2) is 12.5 Å². The van der Waals surface area contributed by atoms with Crippen LogP contribution < -0.4 is 5.32 Å². The SMILES string of the molecule is CCCCCCCC/C=C(\C)C(=O)NCC. The number of carbonyl (C=O) groups excluding carboxylic acids is 1. The van der Waals surface area contributed by atoms with Crippen molar-refractivity contribution in [2.45, 2.75) is 65.7 Å². The number of hydrogen-bond donors (Lipinski definition) is 1. The van der Waals surface area contributed by atoms with E-state index in [-0.39, 0.29) is 5.91 Å². The molecule has 0 fully saturated rings. The molecule has 16 heavy (non-hydrogen) atoms. The molecule has 0 aromatic heterocycles. The predicted octanol–water partition coefficient (Wildman–Crippen LogP) is 3.82. The van der Waals surface area contributed by atoms with E-state index in [0.717, 1.165) is 12.0 Å². The van der Waals surface area contributed by atoms with Crippen LogP contribution in [0.1, 0.15) is 65.7 Å². The van der Waals surface area contributed by atoms with Crippen LogP contribution >= 0.6 is 0 Å². The van der Waals surface area contributed by atoms with E-state index in [1.165, 1.54) is 38.5 Å². The van der Waals surface area contributed by atoms with Crippen molar-refractivity contribution in [2.24, 2.45) is 0 Å². The second-order valence-electron chi connectivity index (χ2n) is 4.30. The Kier molecular flexibility index (Phi) is 10.2. The molecule has 0 rings (SSSR count). The number of likely N-dealkylation sites (N-methyl/N-ethyl adjacent to an activating group) is 1. The molecule has 1 amide bonds. The lowest BCUT2D eigenvalue weighted by molar-refractivity contribution is -0.117. The van der Waals surface area contributed by atoms with Gasteiger partial charge in [0.15, 0.2) is 0 Å². The molecule has 0 aromatic rings. The van der Waals surface area contributed by atoms with Crippen LogP contribution in [0.5, 0.6) is 0 Å². The molecule has 0 aromatic carbocycles.